The van der Waals surface area contributed by atoms with Gasteiger partial charge in [-0.2, -0.15) is 0 Å². The molecule has 0 aliphatic heterocycles. The molecule has 1 aromatic carbocycles. The van der Waals surface area contributed by atoms with E-state index in [2.05, 4.69) is 11.6 Å². The summed E-state index contributed by atoms with van der Waals surface area (Å²) in [5, 5.41) is 0. The van der Waals surface area contributed by atoms with E-state index in [9.17, 15) is 8.42 Å². The van der Waals surface area contributed by atoms with Crippen molar-refractivity contribution in [2.45, 2.75) is 76.7 Å². The molecular weight excluding hydrogens is 310 g/mol. The van der Waals surface area contributed by atoms with Crippen LogP contribution < -0.4 is 9.46 Å². The second-order valence-electron chi connectivity index (χ2n) is 6.54. The Balaban J connectivity index is 2.21. The highest BCUT2D eigenvalue weighted by Gasteiger charge is 2.26. The van der Waals surface area contributed by atoms with E-state index in [-0.39, 0.29) is 10.9 Å². The Labute approximate surface area is 140 Å². The first kappa shape index (κ1) is 18.3. The number of aryl methyl sites for hydroxylation is 2. The Bertz CT molecular complexity index is 619. The molecule has 1 aliphatic rings. The van der Waals surface area contributed by atoms with Crippen molar-refractivity contribution in [3.63, 3.8) is 0 Å². The molecule has 5 heteroatoms. The first-order chi connectivity index (χ1) is 10.9. The zero-order valence-corrected chi connectivity index (χ0v) is 15.3. The standard InChI is InChI=1S/C18H29NO3S/c1-4-5-8-11-22-17-12-14(2)15(3)13-18(17)23(20,21)19-16-9-6-7-10-16/h12-13,16,19H,4-11H2,1-3H3. The predicted octanol–water partition coefficient (Wildman–Crippen LogP) is 4.09. The van der Waals surface area contributed by atoms with Crippen LogP contribution in [0.1, 0.15) is 63.0 Å². The largest absolute Gasteiger partial charge is 0.492 e. The number of sulfonamides is 1. The predicted molar refractivity (Wildman–Crippen MR) is 93.5 cm³/mol. The third-order valence-corrected chi connectivity index (χ3v) is 6.07. The normalized spacial score (nSPS) is 16.0. The highest BCUT2D eigenvalue weighted by molar-refractivity contribution is 7.89. The summed E-state index contributed by atoms with van der Waals surface area (Å²) in [6, 6.07) is 3.65. The van der Waals surface area contributed by atoms with Crippen molar-refractivity contribution >= 4 is 10.0 Å². The van der Waals surface area contributed by atoms with Crippen molar-refractivity contribution in [3.05, 3.63) is 23.3 Å². The molecule has 130 valence electrons. The van der Waals surface area contributed by atoms with Gasteiger partial charge in [-0.3, -0.25) is 0 Å². The van der Waals surface area contributed by atoms with Gasteiger partial charge in [0.25, 0.3) is 0 Å². The van der Waals surface area contributed by atoms with E-state index in [4.69, 9.17) is 4.74 Å². The number of unbranched alkanes of at least 4 members (excludes halogenated alkanes) is 2. The number of hydrogen-bond acceptors (Lipinski definition) is 3. The third-order valence-electron chi connectivity index (χ3n) is 4.53. The lowest BCUT2D eigenvalue weighted by atomic mass is 10.1. The summed E-state index contributed by atoms with van der Waals surface area (Å²) in [5.41, 5.74) is 2.02. The van der Waals surface area contributed by atoms with Crippen LogP contribution in [0.15, 0.2) is 17.0 Å². The van der Waals surface area contributed by atoms with Gasteiger partial charge in [0.1, 0.15) is 10.6 Å². The minimum atomic E-state index is -3.53. The van der Waals surface area contributed by atoms with Crippen LogP contribution in [0.3, 0.4) is 0 Å². The molecule has 1 N–H and O–H groups in total. The van der Waals surface area contributed by atoms with Gasteiger partial charge < -0.3 is 4.74 Å². The van der Waals surface area contributed by atoms with Gasteiger partial charge in [-0.1, -0.05) is 32.6 Å². The smallest absolute Gasteiger partial charge is 0.244 e. The van der Waals surface area contributed by atoms with Crippen molar-refractivity contribution in [1.29, 1.82) is 0 Å². The first-order valence-corrected chi connectivity index (χ1v) is 10.2. The lowest BCUT2D eigenvalue weighted by Crippen LogP contribution is -2.33. The van der Waals surface area contributed by atoms with E-state index in [1.54, 1.807) is 6.07 Å². The molecule has 1 fully saturated rings. The summed E-state index contributed by atoms with van der Waals surface area (Å²) in [4.78, 5) is 0.281. The minimum absolute atomic E-state index is 0.0644. The van der Waals surface area contributed by atoms with Crippen LogP contribution in [0.2, 0.25) is 0 Å². The topological polar surface area (TPSA) is 55.4 Å². The molecule has 0 saturated heterocycles. The van der Waals surface area contributed by atoms with Gasteiger partial charge in [-0.15, -0.1) is 0 Å². The number of ether oxygens (including phenoxy) is 1. The second kappa shape index (κ2) is 8.15. The molecule has 4 nitrogen and oxygen atoms in total. The van der Waals surface area contributed by atoms with Gasteiger partial charge in [0.2, 0.25) is 10.0 Å². The van der Waals surface area contributed by atoms with Crippen molar-refractivity contribution in [3.8, 4) is 5.75 Å². The lowest BCUT2D eigenvalue weighted by Gasteiger charge is -2.17. The molecule has 0 bridgehead atoms. The molecule has 2 rings (SSSR count). The summed E-state index contributed by atoms with van der Waals surface area (Å²) in [5.74, 6) is 0.481. The van der Waals surface area contributed by atoms with Gasteiger partial charge in [-0.05, 0) is 56.4 Å². The molecule has 0 heterocycles. The number of hydrogen-bond donors (Lipinski definition) is 1. The van der Waals surface area contributed by atoms with Gasteiger partial charge >= 0.3 is 0 Å². The van der Waals surface area contributed by atoms with Crippen molar-refractivity contribution in [1.82, 2.24) is 4.72 Å². The maximum absolute atomic E-state index is 12.8. The Morgan fingerprint density at radius 3 is 2.43 bits per heavy atom. The minimum Gasteiger partial charge on any atom is -0.492 e. The summed E-state index contributed by atoms with van der Waals surface area (Å²) >= 11 is 0. The molecule has 0 unspecified atom stereocenters. The van der Waals surface area contributed by atoms with Crippen LogP contribution in [-0.4, -0.2) is 21.1 Å². The molecule has 23 heavy (non-hydrogen) atoms. The number of benzene rings is 1. The average molecular weight is 340 g/mol. The van der Waals surface area contributed by atoms with Crippen LogP contribution in [0.4, 0.5) is 0 Å². The molecule has 0 spiro atoms. The van der Waals surface area contributed by atoms with Crippen molar-refractivity contribution < 1.29 is 13.2 Å². The monoisotopic (exact) mass is 339 g/mol. The van der Waals surface area contributed by atoms with E-state index in [0.29, 0.717) is 12.4 Å². The fraction of sp³-hybridized carbons (Fsp3) is 0.667. The molecule has 0 radical (unpaired) electrons. The summed E-state index contributed by atoms with van der Waals surface area (Å²) in [7, 11) is -3.53. The zero-order valence-electron chi connectivity index (χ0n) is 14.5. The highest BCUT2D eigenvalue weighted by Crippen LogP contribution is 2.29. The third kappa shape index (κ3) is 4.95. The average Bonchev–Trinajstić information content (AvgIpc) is 2.99. The fourth-order valence-electron chi connectivity index (χ4n) is 2.95. The quantitative estimate of drug-likeness (QED) is 0.726. The highest BCUT2D eigenvalue weighted by atomic mass is 32.2. The van der Waals surface area contributed by atoms with Crippen molar-refractivity contribution in [2.75, 3.05) is 6.61 Å². The van der Waals surface area contributed by atoms with Crippen molar-refractivity contribution in [2.24, 2.45) is 0 Å². The van der Waals surface area contributed by atoms with E-state index in [1.165, 1.54) is 0 Å². The molecule has 0 amide bonds. The second-order valence-corrected chi connectivity index (χ2v) is 8.22. The lowest BCUT2D eigenvalue weighted by molar-refractivity contribution is 0.298. The summed E-state index contributed by atoms with van der Waals surface area (Å²) in [6.07, 6.45) is 7.20. The SMILES string of the molecule is CCCCCOc1cc(C)c(C)cc1S(=O)(=O)NC1CCCC1. The van der Waals surface area contributed by atoms with Gasteiger partial charge in [0, 0.05) is 6.04 Å². The molecule has 0 aromatic heterocycles. The fourth-order valence-corrected chi connectivity index (χ4v) is 4.46. The maximum atomic E-state index is 12.8. The van der Waals surface area contributed by atoms with E-state index in [0.717, 1.165) is 56.1 Å². The molecule has 1 saturated carbocycles. The van der Waals surface area contributed by atoms with Crippen LogP contribution >= 0.6 is 0 Å². The van der Waals surface area contributed by atoms with Crippen LogP contribution in [0.5, 0.6) is 5.75 Å². The first-order valence-electron chi connectivity index (χ1n) is 8.70. The van der Waals surface area contributed by atoms with Gasteiger partial charge in [0.05, 0.1) is 6.61 Å². The van der Waals surface area contributed by atoms with Crippen LogP contribution in [-0.2, 0) is 10.0 Å². The number of nitrogens with one attached hydrogen (secondary N) is 1. The van der Waals surface area contributed by atoms with Crippen LogP contribution in [0.25, 0.3) is 0 Å². The Kier molecular flexibility index (Phi) is 6.48. The van der Waals surface area contributed by atoms with Crippen LogP contribution in [0, 0.1) is 13.8 Å². The molecule has 1 aliphatic carbocycles. The Morgan fingerprint density at radius 1 is 1.13 bits per heavy atom. The number of rotatable bonds is 8. The molecule has 0 atom stereocenters. The molecule has 1 aromatic rings. The van der Waals surface area contributed by atoms with Gasteiger partial charge in [0.15, 0.2) is 0 Å². The molecular formula is C18H29NO3S. The van der Waals surface area contributed by atoms with Gasteiger partial charge in [-0.25, -0.2) is 13.1 Å². The van der Waals surface area contributed by atoms with E-state index in [1.807, 2.05) is 19.9 Å². The van der Waals surface area contributed by atoms with E-state index >= 15 is 0 Å². The Morgan fingerprint density at radius 2 is 1.78 bits per heavy atom. The zero-order chi connectivity index (χ0) is 16.9. The summed E-state index contributed by atoms with van der Waals surface area (Å²) < 4.78 is 34.2. The Hall–Kier alpha value is -1.07. The van der Waals surface area contributed by atoms with E-state index < -0.39 is 10.0 Å². The summed E-state index contributed by atoms with van der Waals surface area (Å²) in [6.45, 7) is 6.61. The maximum Gasteiger partial charge on any atom is 0.244 e.